The van der Waals surface area contributed by atoms with E-state index in [0.717, 1.165) is 22.2 Å². The second-order valence-electron chi connectivity index (χ2n) is 4.11. The van der Waals surface area contributed by atoms with Crippen molar-refractivity contribution in [3.8, 4) is 5.75 Å². The van der Waals surface area contributed by atoms with E-state index in [4.69, 9.17) is 9.47 Å². The molecule has 0 aliphatic carbocycles. The Bertz CT molecular complexity index is 599. The van der Waals surface area contributed by atoms with E-state index in [2.05, 4.69) is 0 Å². The number of esters is 1. The number of hydrogen-bond acceptors (Lipinski definition) is 3. The van der Waals surface area contributed by atoms with Gasteiger partial charge in [0.15, 0.2) is 0 Å². The van der Waals surface area contributed by atoms with E-state index >= 15 is 0 Å². The second kappa shape index (κ2) is 4.72. The molecule has 0 saturated heterocycles. The molecule has 2 rings (SSSR count). The monoisotopic (exact) mass is 247 g/mol. The number of aryl methyl sites for hydroxylation is 2. The van der Waals surface area contributed by atoms with Crippen molar-refractivity contribution in [2.75, 3.05) is 13.7 Å². The van der Waals surface area contributed by atoms with E-state index in [0.29, 0.717) is 12.3 Å². The molecule has 0 radical (unpaired) electrons. The predicted molar refractivity (Wildman–Crippen MR) is 70.2 cm³/mol. The number of fused-ring (bicyclic) bond motifs is 1. The van der Waals surface area contributed by atoms with Crippen LogP contribution in [0.15, 0.2) is 18.2 Å². The van der Waals surface area contributed by atoms with Gasteiger partial charge < -0.3 is 14.0 Å². The van der Waals surface area contributed by atoms with Gasteiger partial charge in [-0.25, -0.2) is 4.79 Å². The minimum atomic E-state index is -0.296. The summed E-state index contributed by atoms with van der Waals surface area (Å²) >= 11 is 0. The van der Waals surface area contributed by atoms with Gasteiger partial charge in [0.1, 0.15) is 11.4 Å². The van der Waals surface area contributed by atoms with E-state index < -0.39 is 0 Å². The van der Waals surface area contributed by atoms with Crippen LogP contribution in [0.3, 0.4) is 0 Å². The number of aromatic nitrogens is 1. The van der Waals surface area contributed by atoms with Crippen molar-refractivity contribution in [3.63, 3.8) is 0 Å². The molecule has 0 N–H and O–H groups in total. The Labute approximate surface area is 106 Å². The number of carbonyl (C=O) groups is 1. The first-order valence-electron chi connectivity index (χ1n) is 5.90. The molecule has 0 aliphatic heterocycles. The third-order valence-corrected chi connectivity index (χ3v) is 3.12. The number of methoxy groups -OCH3 is 1. The number of hydrogen-bond donors (Lipinski definition) is 0. The van der Waals surface area contributed by atoms with Crippen LogP contribution in [0, 0.1) is 6.92 Å². The van der Waals surface area contributed by atoms with Crippen LogP contribution in [0.25, 0.3) is 10.9 Å². The molecule has 0 aliphatic rings. The number of benzene rings is 1. The summed E-state index contributed by atoms with van der Waals surface area (Å²) in [7, 11) is 3.49. The van der Waals surface area contributed by atoms with Gasteiger partial charge >= 0.3 is 5.97 Å². The van der Waals surface area contributed by atoms with Crippen LogP contribution in [0.4, 0.5) is 0 Å². The Morgan fingerprint density at radius 3 is 2.72 bits per heavy atom. The largest absolute Gasteiger partial charge is 0.496 e. The molecule has 18 heavy (non-hydrogen) atoms. The summed E-state index contributed by atoms with van der Waals surface area (Å²) in [5.74, 6) is 0.479. The summed E-state index contributed by atoms with van der Waals surface area (Å²) in [6.07, 6.45) is 0. The molecular weight excluding hydrogens is 230 g/mol. The molecule has 2 aromatic rings. The summed E-state index contributed by atoms with van der Waals surface area (Å²) in [4.78, 5) is 12.0. The molecule has 4 heteroatoms. The third-order valence-electron chi connectivity index (χ3n) is 3.12. The Kier molecular flexibility index (Phi) is 3.28. The van der Waals surface area contributed by atoms with E-state index in [1.165, 1.54) is 0 Å². The highest BCUT2D eigenvalue weighted by atomic mass is 16.5. The van der Waals surface area contributed by atoms with Gasteiger partial charge in [-0.2, -0.15) is 0 Å². The maximum atomic E-state index is 12.0. The fraction of sp³-hybridized carbons (Fsp3) is 0.357. The van der Waals surface area contributed by atoms with E-state index in [1.54, 1.807) is 14.0 Å². The lowest BCUT2D eigenvalue weighted by Crippen LogP contribution is -2.10. The van der Waals surface area contributed by atoms with Crippen molar-refractivity contribution in [2.24, 2.45) is 7.05 Å². The molecule has 0 amide bonds. The van der Waals surface area contributed by atoms with E-state index in [1.807, 2.05) is 36.7 Å². The molecule has 0 fully saturated rings. The smallest absolute Gasteiger partial charge is 0.355 e. The third kappa shape index (κ3) is 1.74. The minimum absolute atomic E-state index is 0.296. The fourth-order valence-corrected chi connectivity index (χ4v) is 2.33. The van der Waals surface area contributed by atoms with Crippen LogP contribution in [-0.4, -0.2) is 24.3 Å². The Hall–Kier alpha value is -1.97. The lowest BCUT2D eigenvalue weighted by atomic mass is 10.1. The lowest BCUT2D eigenvalue weighted by Gasteiger charge is -2.04. The number of nitrogens with zero attached hydrogens (tertiary/aromatic N) is 1. The van der Waals surface area contributed by atoms with Crippen LogP contribution < -0.4 is 4.74 Å². The highest BCUT2D eigenvalue weighted by molar-refractivity contribution is 6.01. The quantitative estimate of drug-likeness (QED) is 0.783. The number of ether oxygens (including phenoxy) is 2. The molecule has 1 heterocycles. The van der Waals surface area contributed by atoms with Crippen LogP contribution in [0.2, 0.25) is 0 Å². The Morgan fingerprint density at radius 2 is 2.11 bits per heavy atom. The molecule has 4 nitrogen and oxygen atoms in total. The highest BCUT2D eigenvalue weighted by Crippen LogP contribution is 2.32. The summed E-state index contributed by atoms with van der Waals surface area (Å²) in [6, 6.07) is 5.77. The van der Waals surface area contributed by atoms with Gasteiger partial charge in [0.25, 0.3) is 0 Å². The first-order chi connectivity index (χ1) is 8.61. The summed E-state index contributed by atoms with van der Waals surface area (Å²) in [6.45, 7) is 4.09. The van der Waals surface area contributed by atoms with Gasteiger partial charge in [-0.1, -0.05) is 6.07 Å². The van der Waals surface area contributed by atoms with Gasteiger partial charge in [0, 0.05) is 12.4 Å². The van der Waals surface area contributed by atoms with Crippen molar-refractivity contribution in [1.82, 2.24) is 4.57 Å². The minimum Gasteiger partial charge on any atom is -0.496 e. The molecule has 0 bridgehead atoms. The van der Waals surface area contributed by atoms with Crippen molar-refractivity contribution in [2.45, 2.75) is 13.8 Å². The molecule has 0 unspecified atom stereocenters. The first kappa shape index (κ1) is 12.5. The van der Waals surface area contributed by atoms with Crippen molar-refractivity contribution >= 4 is 16.9 Å². The zero-order valence-electron chi connectivity index (χ0n) is 11.1. The molecule has 1 aromatic carbocycles. The molecule has 96 valence electrons. The summed E-state index contributed by atoms with van der Waals surface area (Å²) in [5.41, 5.74) is 2.44. The van der Waals surface area contributed by atoms with E-state index in [-0.39, 0.29) is 5.97 Å². The fourth-order valence-electron chi connectivity index (χ4n) is 2.33. The standard InChI is InChI=1S/C14H17NO3/c1-5-18-14(16)13-9(2)12-10(15(13)3)7-6-8-11(12)17-4/h6-8H,5H2,1-4H3. The average molecular weight is 247 g/mol. The van der Waals surface area contributed by atoms with Gasteiger partial charge in [-0.3, -0.25) is 0 Å². The summed E-state index contributed by atoms with van der Waals surface area (Å²) in [5, 5.41) is 0.963. The maximum absolute atomic E-state index is 12.0. The molecular formula is C14H17NO3. The van der Waals surface area contributed by atoms with Crippen LogP contribution in [0.1, 0.15) is 23.0 Å². The van der Waals surface area contributed by atoms with Crippen molar-refractivity contribution in [1.29, 1.82) is 0 Å². The van der Waals surface area contributed by atoms with E-state index in [9.17, 15) is 4.79 Å². The maximum Gasteiger partial charge on any atom is 0.355 e. The highest BCUT2D eigenvalue weighted by Gasteiger charge is 2.21. The van der Waals surface area contributed by atoms with Gasteiger partial charge in [0.05, 0.1) is 19.2 Å². The number of carbonyl (C=O) groups excluding carboxylic acids is 1. The van der Waals surface area contributed by atoms with Crippen LogP contribution in [-0.2, 0) is 11.8 Å². The Morgan fingerprint density at radius 1 is 1.39 bits per heavy atom. The molecule has 0 atom stereocenters. The van der Waals surface area contributed by atoms with Crippen molar-refractivity contribution in [3.05, 3.63) is 29.5 Å². The zero-order chi connectivity index (χ0) is 13.3. The topological polar surface area (TPSA) is 40.5 Å². The van der Waals surface area contributed by atoms with Crippen LogP contribution in [0.5, 0.6) is 5.75 Å². The summed E-state index contributed by atoms with van der Waals surface area (Å²) < 4.78 is 12.3. The van der Waals surface area contributed by atoms with Gasteiger partial charge in [0.2, 0.25) is 0 Å². The normalized spacial score (nSPS) is 10.7. The van der Waals surface area contributed by atoms with Crippen molar-refractivity contribution < 1.29 is 14.3 Å². The Balaban J connectivity index is 2.73. The van der Waals surface area contributed by atoms with Gasteiger partial charge in [-0.15, -0.1) is 0 Å². The SMILES string of the molecule is CCOC(=O)c1c(C)c2c(OC)cccc2n1C. The number of rotatable bonds is 3. The predicted octanol–water partition coefficient (Wildman–Crippen LogP) is 2.67. The second-order valence-corrected chi connectivity index (χ2v) is 4.11. The first-order valence-corrected chi connectivity index (χ1v) is 5.90. The lowest BCUT2D eigenvalue weighted by molar-refractivity contribution is 0.0515. The molecule has 0 spiro atoms. The van der Waals surface area contributed by atoms with Gasteiger partial charge in [-0.05, 0) is 31.5 Å². The molecule has 0 saturated carbocycles. The molecule has 1 aromatic heterocycles. The van der Waals surface area contributed by atoms with Crippen LogP contribution >= 0.6 is 0 Å². The average Bonchev–Trinajstić information content (AvgIpc) is 2.62. The zero-order valence-corrected chi connectivity index (χ0v) is 11.1.